The van der Waals surface area contributed by atoms with Gasteiger partial charge in [-0.2, -0.15) is 5.10 Å². The highest BCUT2D eigenvalue weighted by atomic mass is 32.2. The SMILES string of the molecule is COc1ccccc1N=C1NN=C(c2[nH]c(C)c(C(C)=O)c2C)CS1. The Morgan fingerprint density at radius 2 is 2.08 bits per heavy atom. The van der Waals surface area contributed by atoms with Crippen LogP contribution in [0.4, 0.5) is 5.69 Å². The number of ether oxygens (including phenoxy) is 1. The van der Waals surface area contributed by atoms with Gasteiger partial charge in [0.25, 0.3) is 0 Å². The highest BCUT2D eigenvalue weighted by Crippen LogP contribution is 2.28. The van der Waals surface area contributed by atoms with Crippen LogP contribution in [-0.2, 0) is 0 Å². The maximum atomic E-state index is 11.8. The maximum absolute atomic E-state index is 11.8. The second kappa shape index (κ2) is 7.14. The Morgan fingerprint density at radius 3 is 2.68 bits per heavy atom. The topological polar surface area (TPSA) is 78.8 Å². The summed E-state index contributed by atoms with van der Waals surface area (Å²) in [6.45, 7) is 5.44. The van der Waals surface area contributed by atoms with Crippen molar-refractivity contribution >= 4 is 34.1 Å². The Hall–Kier alpha value is -2.54. The van der Waals surface area contributed by atoms with Crippen molar-refractivity contribution in [1.82, 2.24) is 10.4 Å². The first-order valence-corrected chi connectivity index (χ1v) is 8.87. The number of hydrogen-bond donors (Lipinski definition) is 2. The molecule has 1 aliphatic rings. The fourth-order valence-corrected chi connectivity index (χ4v) is 3.66. The molecule has 0 unspecified atom stereocenters. The van der Waals surface area contributed by atoms with Gasteiger partial charge in [0.1, 0.15) is 11.4 Å². The summed E-state index contributed by atoms with van der Waals surface area (Å²) in [7, 11) is 1.62. The molecule has 2 heterocycles. The molecular formula is C18H20N4O2S. The van der Waals surface area contributed by atoms with Gasteiger partial charge < -0.3 is 9.72 Å². The van der Waals surface area contributed by atoms with Gasteiger partial charge in [-0.3, -0.25) is 10.2 Å². The number of nitrogens with zero attached hydrogens (tertiary/aromatic N) is 2. The fourth-order valence-electron chi connectivity index (χ4n) is 2.90. The van der Waals surface area contributed by atoms with Crippen LogP contribution in [0.2, 0.25) is 0 Å². The van der Waals surface area contributed by atoms with Crippen LogP contribution in [0.15, 0.2) is 34.4 Å². The van der Waals surface area contributed by atoms with E-state index in [-0.39, 0.29) is 5.78 Å². The molecule has 0 saturated heterocycles. The number of carbonyl (C=O) groups excluding carboxylic acids is 1. The lowest BCUT2D eigenvalue weighted by atomic mass is 10.1. The smallest absolute Gasteiger partial charge is 0.182 e. The second-order valence-corrected chi connectivity index (χ2v) is 6.69. The second-order valence-electron chi connectivity index (χ2n) is 5.73. The van der Waals surface area contributed by atoms with Crippen molar-refractivity contribution in [3.63, 3.8) is 0 Å². The summed E-state index contributed by atoms with van der Waals surface area (Å²) in [5.41, 5.74) is 8.08. The number of hydrogen-bond acceptors (Lipinski definition) is 5. The fraction of sp³-hybridized carbons (Fsp3) is 0.278. The number of nitrogens with one attached hydrogen (secondary N) is 2. The third-order valence-corrected chi connectivity index (χ3v) is 4.89. The van der Waals surface area contributed by atoms with E-state index >= 15 is 0 Å². The van der Waals surface area contributed by atoms with E-state index in [2.05, 4.69) is 20.5 Å². The number of ketones is 1. The van der Waals surface area contributed by atoms with Crippen molar-refractivity contribution in [2.24, 2.45) is 10.1 Å². The van der Waals surface area contributed by atoms with Crippen LogP contribution in [-0.4, -0.2) is 34.5 Å². The van der Waals surface area contributed by atoms with E-state index in [1.54, 1.807) is 25.8 Å². The molecule has 0 saturated carbocycles. The number of amidine groups is 1. The van der Waals surface area contributed by atoms with Crippen LogP contribution < -0.4 is 10.2 Å². The summed E-state index contributed by atoms with van der Waals surface area (Å²) in [5.74, 6) is 1.45. The van der Waals surface area contributed by atoms with Crippen LogP contribution in [0, 0.1) is 13.8 Å². The molecule has 3 rings (SSSR count). The molecule has 130 valence electrons. The number of aromatic nitrogens is 1. The first-order chi connectivity index (χ1) is 12.0. The van der Waals surface area contributed by atoms with Crippen molar-refractivity contribution in [3.05, 3.63) is 46.8 Å². The third kappa shape index (κ3) is 3.46. The summed E-state index contributed by atoms with van der Waals surface area (Å²) in [6, 6.07) is 7.59. The number of aliphatic imine (C=N–C) groups is 1. The lowest BCUT2D eigenvalue weighted by molar-refractivity contribution is 0.101. The molecular weight excluding hydrogens is 336 g/mol. The first kappa shape index (κ1) is 17.3. The highest BCUT2D eigenvalue weighted by molar-refractivity contribution is 8.14. The Morgan fingerprint density at radius 1 is 1.32 bits per heavy atom. The number of Topliss-reactive ketones (excluding diaryl/α,β-unsaturated/α-hetero) is 1. The molecule has 1 aromatic heterocycles. The molecule has 25 heavy (non-hydrogen) atoms. The molecule has 2 aromatic rings. The summed E-state index contributed by atoms with van der Waals surface area (Å²) >= 11 is 1.56. The summed E-state index contributed by atoms with van der Waals surface area (Å²) < 4.78 is 5.31. The average molecular weight is 356 g/mol. The molecule has 0 aliphatic carbocycles. The molecule has 0 spiro atoms. The average Bonchev–Trinajstić information content (AvgIpc) is 2.90. The Balaban J connectivity index is 1.85. The molecule has 0 bridgehead atoms. The van der Waals surface area contributed by atoms with Gasteiger partial charge in [0.2, 0.25) is 0 Å². The number of thioether (sulfide) groups is 1. The summed E-state index contributed by atoms with van der Waals surface area (Å²) in [6.07, 6.45) is 0. The minimum absolute atomic E-state index is 0.0629. The number of benzene rings is 1. The quantitative estimate of drug-likeness (QED) is 0.821. The standard InChI is InChI=1S/C18H20N4O2S/c1-10-16(12(3)23)11(2)19-17(10)14-9-25-18(22-21-14)20-13-7-5-6-8-15(13)24-4/h5-8,19H,9H2,1-4H3,(H,20,22). The Labute approximate surface area is 150 Å². The number of para-hydroxylation sites is 2. The number of aryl methyl sites for hydroxylation is 1. The molecule has 0 fully saturated rings. The molecule has 6 nitrogen and oxygen atoms in total. The molecule has 1 aliphatic heterocycles. The number of rotatable bonds is 4. The van der Waals surface area contributed by atoms with Crippen molar-refractivity contribution < 1.29 is 9.53 Å². The number of aromatic amines is 1. The van der Waals surface area contributed by atoms with E-state index in [1.807, 2.05) is 38.1 Å². The lowest BCUT2D eigenvalue weighted by Crippen LogP contribution is -2.25. The zero-order valence-corrected chi connectivity index (χ0v) is 15.5. The number of H-pyrrole nitrogens is 1. The minimum atomic E-state index is 0.0629. The van der Waals surface area contributed by atoms with Gasteiger partial charge in [0.05, 0.1) is 18.5 Å². The van der Waals surface area contributed by atoms with Crippen molar-refractivity contribution in [1.29, 1.82) is 0 Å². The minimum Gasteiger partial charge on any atom is -0.494 e. The van der Waals surface area contributed by atoms with E-state index in [0.29, 0.717) is 16.7 Å². The third-order valence-electron chi connectivity index (χ3n) is 4.02. The first-order valence-electron chi connectivity index (χ1n) is 7.88. The summed E-state index contributed by atoms with van der Waals surface area (Å²) in [4.78, 5) is 19.6. The monoisotopic (exact) mass is 356 g/mol. The predicted molar refractivity (Wildman–Crippen MR) is 102 cm³/mol. The van der Waals surface area contributed by atoms with Gasteiger partial charge in [0, 0.05) is 17.0 Å². The van der Waals surface area contributed by atoms with E-state index < -0.39 is 0 Å². The molecule has 2 N–H and O–H groups in total. The number of carbonyl (C=O) groups is 1. The molecule has 7 heteroatoms. The highest BCUT2D eigenvalue weighted by Gasteiger charge is 2.21. The molecule has 0 radical (unpaired) electrons. The summed E-state index contributed by atoms with van der Waals surface area (Å²) in [5, 5.41) is 5.15. The normalized spacial score (nSPS) is 15.7. The van der Waals surface area contributed by atoms with Crippen LogP contribution in [0.3, 0.4) is 0 Å². The van der Waals surface area contributed by atoms with Gasteiger partial charge in [0.15, 0.2) is 11.0 Å². The maximum Gasteiger partial charge on any atom is 0.182 e. The zero-order chi connectivity index (χ0) is 18.0. The van der Waals surface area contributed by atoms with Gasteiger partial charge in [-0.1, -0.05) is 23.9 Å². The molecule has 1 aromatic carbocycles. The Bertz CT molecular complexity index is 883. The van der Waals surface area contributed by atoms with Gasteiger partial charge in [-0.15, -0.1) is 0 Å². The van der Waals surface area contributed by atoms with Crippen LogP contribution in [0.1, 0.15) is 34.2 Å². The van der Waals surface area contributed by atoms with Gasteiger partial charge in [-0.05, 0) is 38.5 Å². The Kier molecular flexibility index (Phi) is 4.94. The largest absolute Gasteiger partial charge is 0.494 e. The van der Waals surface area contributed by atoms with E-state index in [9.17, 15) is 4.79 Å². The van der Waals surface area contributed by atoms with E-state index in [4.69, 9.17) is 4.74 Å². The van der Waals surface area contributed by atoms with Crippen molar-refractivity contribution in [3.8, 4) is 5.75 Å². The molecule has 0 atom stereocenters. The predicted octanol–water partition coefficient (Wildman–Crippen LogP) is 3.57. The zero-order valence-electron chi connectivity index (χ0n) is 14.6. The van der Waals surface area contributed by atoms with E-state index in [0.717, 1.165) is 33.9 Å². The van der Waals surface area contributed by atoms with Gasteiger partial charge in [-0.25, -0.2) is 4.99 Å². The lowest BCUT2D eigenvalue weighted by Gasteiger charge is -2.15. The number of methoxy groups -OCH3 is 1. The van der Waals surface area contributed by atoms with Crippen LogP contribution in [0.5, 0.6) is 5.75 Å². The number of hydrazone groups is 1. The van der Waals surface area contributed by atoms with Crippen molar-refractivity contribution in [2.75, 3.05) is 12.9 Å². The van der Waals surface area contributed by atoms with E-state index in [1.165, 1.54) is 0 Å². The molecule has 0 amide bonds. The van der Waals surface area contributed by atoms with Crippen LogP contribution >= 0.6 is 11.8 Å². The van der Waals surface area contributed by atoms with Crippen molar-refractivity contribution in [2.45, 2.75) is 20.8 Å². The van der Waals surface area contributed by atoms with Crippen LogP contribution in [0.25, 0.3) is 0 Å². The van der Waals surface area contributed by atoms with Gasteiger partial charge >= 0.3 is 0 Å².